The molecule has 0 aliphatic rings. The molecular formula is C14H16FNO3. The van der Waals surface area contributed by atoms with E-state index in [1.807, 2.05) is 13.8 Å². The van der Waals surface area contributed by atoms with Crippen LogP contribution in [0.2, 0.25) is 0 Å². The first-order valence-electron chi connectivity index (χ1n) is 5.89. The molecule has 0 fully saturated rings. The van der Waals surface area contributed by atoms with Crippen molar-refractivity contribution in [2.45, 2.75) is 13.8 Å². The van der Waals surface area contributed by atoms with Crippen molar-refractivity contribution in [1.82, 2.24) is 5.32 Å². The number of hydrogen-bond donors (Lipinski definition) is 2. The Morgan fingerprint density at radius 3 is 2.63 bits per heavy atom. The smallest absolute Gasteiger partial charge is 0.328 e. The first-order chi connectivity index (χ1) is 8.90. The summed E-state index contributed by atoms with van der Waals surface area (Å²) in [7, 11) is 0. The van der Waals surface area contributed by atoms with E-state index in [1.54, 1.807) is 0 Å². The largest absolute Gasteiger partial charge is 0.478 e. The molecule has 102 valence electrons. The Bertz CT molecular complexity index is 509. The molecule has 2 N–H and O–H groups in total. The van der Waals surface area contributed by atoms with Gasteiger partial charge in [-0.15, -0.1) is 0 Å². The van der Waals surface area contributed by atoms with E-state index in [2.05, 4.69) is 5.32 Å². The zero-order valence-corrected chi connectivity index (χ0v) is 10.8. The molecule has 0 spiro atoms. The number of amides is 1. The average Bonchev–Trinajstić information content (AvgIpc) is 2.33. The summed E-state index contributed by atoms with van der Waals surface area (Å²) in [6.07, 6.45) is 2.18. The molecule has 0 aliphatic carbocycles. The number of carboxylic acids is 1. The Hall–Kier alpha value is -2.17. The van der Waals surface area contributed by atoms with Gasteiger partial charge in [0.05, 0.1) is 5.56 Å². The molecule has 0 radical (unpaired) electrons. The van der Waals surface area contributed by atoms with Crippen LogP contribution in [0.4, 0.5) is 4.39 Å². The summed E-state index contributed by atoms with van der Waals surface area (Å²) in [5.41, 5.74) is 0.341. The number of carbonyl (C=O) groups excluding carboxylic acids is 1. The third-order valence-electron chi connectivity index (χ3n) is 2.33. The number of carbonyl (C=O) groups is 2. The quantitative estimate of drug-likeness (QED) is 0.803. The number of carboxylic acid groups (broad SMARTS) is 1. The normalized spacial score (nSPS) is 10.9. The predicted molar refractivity (Wildman–Crippen MR) is 70.2 cm³/mol. The summed E-state index contributed by atoms with van der Waals surface area (Å²) in [5.74, 6) is -1.97. The van der Waals surface area contributed by atoms with Gasteiger partial charge in [0.2, 0.25) is 0 Å². The van der Waals surface area contributed by atoms with Gasteiger partial charge in [-0.25, -0.2) is 9.18 Å². The van der Waals surface area contributed by atoms with E-state index < -0.39 is 17.7 Å². The molecular weight excluding hydrogens is 249 g/mol. The second kappa shape index (κ2) is 6.68. The molecule has 4 nitrogen and oxygen atoms in total. The van der Waals surface area contributed by atoms with Crippen molar-refractivity contribution in [3.63, 3.8) is 0 Å². The highest BCUT2D eigenvalue weighted by atomic mass is 19.1. The molecule has 0 aliphatic heterocycles. The molecule has 1 rings (SSSR count). The molecule has 5 heteroatoms. The van der Waals surface area contributed by atoms with Crippen molar-refractivity contribution >= 4 is 18.0 Å². The summed E-state index contributed by atoms with van der Waals surface area (Å²) in [4.78, 5) is 22.0. The summed E-state index contributed by atoms with van der Waals surface area (Å²) in [5, 5.41) is 11.1. The highest BCUT2D eigenvalue weighted by Crippen LogP contribution is 2.12. The third-order valence-corrected chi connectivity index (χ3v) is 2.33. The second-order valence-electron chi connectivity index (χ2n) is 4.51. The highest BCUT2D eigenvalue weighted by molar-refractivity contribution is 5.94. The van der Waals surface area contributed by atoms with Crippen molar-refractivity contribution in [2.24, 2.45) is 5.92 Å². The van der Waals surface area contributed by atoms with Gasteiger partial charge >= 0.3 is 5.97 Å². The Balaban J connectivity index is 2.82. The first-order valence-corrected chi connectivity index (χ1v) is 5.89. The maximum absolute atomic E-state index is 13.7. The van der Waals surface area contributed by atoms with Crippen LogP contribution >= 0.6 is 0 Å². The van der Waals surface area contributed by atoms with Gasteiger partial charge in [0.15, 0.2) is 0 Å². The van der Waals surface area contributed by atoms with Gasteiger partial charge in [0, 0.05) is 12.6 Å². The molecule has 19 heavy (non-hydrogen) atoms. The lowest BCUT2D eigenvalue weighted by Gasteiger charge is -2.08. The first kappa shape index (κ1) is 14.9. The van der Waals surface area contributed by atoms with E-state index in [0.29, 0.717) is 12.1 Å². The van der Waals surface area contributed by atoms with Crippen molar-refractivity contribution < 1.29 is 19.1 Å². The molecule has 1 aromatic rings. The fourth-order valence-corrected chi connectivity index (χ4v) is 1.38. The topological polar surface area (TPSA) is 66.4 Å². The van der Waals surface area contributed by atoms with Gasteiger partial charge < -0.3 is 10.4 Å². The lowest BCUT2D eigenvalue weighted by atomic mass is 10.1. The summed E-state index contributed by atoms with van der Waals surface area (Å²) in [6, 6.07) is 3.96. The van der Waals surface area contributed by atoms with Gasteiger partial charge in [0.1, 0.15) is 5.82 Å². The van der Waals surface area contributed by atoms with Crippen LogP contribution in [0, 0.1) is 11.7 Å². The van der Waals surface area contributed by atoms with E-state index >= 15 is 0 Å². The predicted octanol–water partition coefficient (Wildman–Crippen LogP) is 2.31. The number of nitrogens with one attached hydrogen (secondary N) is 1. The Morgan fingerprint density at radius 1 is 1.42 bits per heavy atom. The molecule has 0 atom stereocenters. The van der Waals surface area contributed by atoms with Crippen molar-refractivity contribution in [3.05, 3.63) is 41.2 Å². The second-order valence-corrected chi connectivity index (χ2v) is 4.51. The van der Waals surface area contributed by atoms with Crippen LogP contribution in [0.5, 0.6) is 0 Å². The minimum Gasteiger partial charge on any atom is -0.478 e. The Labute approximate surface area is 110 Å². The molecule has 0 heterocycles. The highest BCUT2D eigenvalue weighted by Gasteiger charge is 2.11. The van der Waals surface area contributed by atoms with Crippen molar-refractivity contribution in [3.8, 4) is 0 Å². The molecule has 0 unspecified atom stereocenters. The van der Waals surface area contributed by atoms with Gasteiger partial charge in [-0.05, 0) is 29.7 Å². The van der Waals surface area contributed by atoms with Gasteiger partial charge in [-0.2, -0.15) is 0 Å². The lowest BCUT2D eigenvalue weighted by Crippen LogP contribution is -2.28. The maximum Gasteiger partial charge on any atom is 0.328 e. The summed E-state index contributed by atoms with van der Waals surface area (Å²) < 4.78 is 13.7. The fourth-order valence-electron chi connectivity index (χ4n) is 1.38. The molecule has 0 aromatic heterocycles. The molecule has 1 amide bonds. The maximum atomic E-state index is 13.7. The standard InChI is InChI=1S/C14H16FNO3/c1-9(2)8-16-14(19)11-5-3-10(7-12(11)15)4-6-13(17)18/h3-7,9H,8H2,1-2H3,(H,16,19)(H,17,18). The molecule has 0 bridgehead atoms. The molecule has 1 aromatic carbocycles. The zero-order chi connectivity index (χ0) is 14.4. The minimum absolute atomic E-state index is 0.0480. The van der Waals surface area contributed by atoms with Gasteiger partial charge in [0.25, 0.3) is 5.91 Å². The number of rotatable bonds is 5. The van der Waals surface area contributed by atoms with Crippen LogP contribution in [0.25, 0.3) is 6.08 Å². The van der Waals surface area contributed by atoms with Crippen molar-refractivity contribution in [1.29, 1.82) is 0 Å². The van der Waals surface area contributed by atoms with Crippen LogP contribution in [0.15, 0.2) is 24.3 Å². The lowest BCUT2D eigenvalue weighted by molar-refractivity contribution is -0.131. The summed E-state index contributed by atoms with van der Waals surface area (Å²) in [6.45, 7) is 4.35. The van der Waals surface area contributed by atoms with Crippen LogP contribution in [0.1, 0.15) is 29.8 Å². The van der Waals surface area contributed by atoms with E-state index in [1.165, 1.54) is 18.2 Å². The number of benzene rings is 1. The summed E-state index contributed by atoms with van der Waals surface area (Å²) >= 11 is 0. The van der Waals surface area contributed by atoms with Crippen LogP contribution in [0.3, 0.4) is 0 Å². The van der Waals surface area contributed by atoms with Gasteiger partial charge in [-0.1, -0.05) is 19.9 Å². The monoisotopic (exact) mass is 265 g/mol. The Kier molecular flexibility index (Phi) is 5.23. The Morgan fingerprint density at radius 2 is 2.11 bits per heavy atom. The van der Waals surface area contributed by atoms with Crippen LogP contribution in [-0.4, -0.2) is 23.5 Å². The van der Waals surface area contributed by atoms with E-state index in [-0.39, 0.29) is 11.5 Å². The van der Waals surface area contributed by atoms with E-state index in [9.17, 15) is 14.0 Å². The zero-order valence-electron chi connectivity index (χ0n) is 10.8. The molecule has 0 saturated carbocycles. The molecule has 0 saturated heterocycles. The third kappa shape index (κ3) is 4.91. The average molecular weight is 265 g/mol. The van der Waals surface area contributed by atoms with Crippen molar-refractivity contribution in [2.75, 3.05) is 6.54 Å². The van der Waals surface area contributed by atoms with Crippen LogP contribution in [-0.2, 0) is 4.79 Å². The van der Waals surface area contributed by atoms with E-state index in [4.69, 9.17) is 5.11 Å². The van der Waals surface area contributed by atoms with E-state index in [0.717, 1.165) is 12.1 Å². The number of aliphatic carboxylic acids is 1. The number of hydrogen-bond acceptors (Lipinski definition) is 2. The van der Waals surface area contributed by atoms with Crippen LogP contribution < -0.4 is 5.32 Å². The SMILES string of the molecule is CC(C)CNC(=O)c1ccc(C=CC(=O)O)cc1F. The minimum atomic E-state index is -1.11. The fraction of sp³-hybridized carbons (Fsp3) is 0.286. The van der Waals surface area contributed by atoms with Gasteiger partial charge in [-0.3, -0.25) is 4.79 Å². The number of halogens is 1.